The number of cyclic esters (lactones) is 1. The van der Waals surface area contributed by atoms with Crippen LogP contribution in [-0.4, -0.2) is 37.1 Å². The Labute approximate surface area is 176 Å². The number of hydrogen-bond acceptors (Lipinski definition) is 4. The predicted molar refractivity (Wildman–Crippen MR) is 111 cm³/mol. The summed E-state index contributed by atoms with van der Waals surface area (Å²) >= 11 is 6.02. The molecule has 1 saturated heterocycles. The maximum Gasteiger partial charge on any atom is 0.414 e. The first kappa shape index (κ1) is 19.9. The lowest BCUT2D eigenvalue weighted by molar-refractivity contribution is -0.119. The van der Waals surface area contributed by atoms with Gasteiger partial charge in [-0.25, -0.2) is 9.18 Å². The number of hydrogen-bond donors (Lipinski definition) is 2. The normalized spacial score (nSPS) is 19.0. The highest BCUT2D eigenvalue weighted by molar-refractivity contribution is 6.36. The van der Waals surface area contributed by atoms with Crippen molar-refractivity contribution in [3.05, 3.63) is 58.4 Å². The van der Waals surface area contributed by atoms with Gasteiger partial charge in [0.1, 0.15) is 11.9 Å². The molecular weight excluding hydrogens is 413 g/mol. The van der Waals surface area contributed by atoms with Crippen LogP contribution >= 0.6 is 11.6 Å². The van der Waals surface area contributed by atoms with E-state index >= 15 is 0 Å². The molecule has 1 atom stereocenters. The van der Waals surface area contributed by atoms with Crippen molar-refractivity contribution in [2.45, 2.75) is 13.0 Å². The van der Waals surface area contributed by atoms with Gasteiger partial charge in [0.15, 0.2) is 0 Å². The fraction of sp³-hybridized carbons (Fsp3) is 0.190. The summed E-state index contributed by atoms with van der Waals surface area (Å²) in [4.78, 5) is 36.7. The molecule has 2 aliphatic rings. The Hall–Kier alpha value is -3.39. The largest absolute Gasteiger partial charge is 0.442 e. The van der Waals surface area contributed by atoms with Crippen molar-refractivity contribution in [2.75, 3.05) is 23.3 Å². The van der Waals surface area contributed by atoms with Crippen LogP contribution in [0.5, 0.6) is 0 Å². The monoisotopic (exact) mass is 429 g/mol. The van der Waals surface area contributed by atoms with Gasteiger partial charge in [-0.05, 0) is 42.5 Å². The zero-order valence-corrected chi connectivity index (χ0v) is 16.6. The van der Waals surface area contributed by atoms with E-state index in [4.69, 9.17) is 16.3 Å². The first-order valence-electron chi connectivity index (χ1n) is 9.17. The van der Waals surface area contributed by atoms with Gasteiger partial charge in [0, 0.05) is 34.3 Å². The lowest BCUT2D eigenvalue weighted by Gasteiger charge is -2.14. The van der Waals surface area contributed by atoms with Gasteiger partial charge in [0.25, 0.3) is 5.91 Å². The number of nitrogens with one attached hydrogen (secondary N) is 2. The molecule has 2 heterocycles. The summed E-state index contributed by atoms with van der Waals surface area (Å²) in [7, 11) is 0. The summed E-state index contributed by atoms with van der Waals surface area (Å²) in [5, 5.41) is 5.76. The fourth-order valence-electron chi connectivity index (χ4n) is 3.36. The van der Waals surface area contributed by atoms with Crippen molar-refractivity contribution in [3.8, 4) is 0 Å². The van der Waals surface area contributed by atoms with E-state index in [-0.39, 0.29) is 30.5 Å². The van der Waals surface area contributed by atoms with Crippen molar-refractivity contribution in [3.63, 3.8) is 0 Å². The minimum Gasteiger partial charge on any atom is -0.442 e. The van der Waals surface area contributed by atoms with Crippen LogP contribution in [0.3, 0.4) is 0 Å². The standard InChI is InChI=1S/C21H17ClFN3O4/c1-11(27)24-9-15-10-26(21(29)30-15)14-4-2-12(18(23)8-14)6-17-16-7-13(22)3-5-19(16)25-20(17)28/h2-8,15H,9-10H2,1H3,(H,24,27)(H,25,28)/t15-/m0/s1. The smallest absolute Gasteiger partial charge is 0.414 e. The van der Waals surface area contributed by atoms with Crippen molar-refractivity contribution >= 4 is 52.5 Å². The number of halogens is 2. The maximum atomic E-state index is 14.8. The molecular formula is C21H17ClFN3O4. The fourth-order valence-corrected chi connectivity index (χ4v) is 3.53. The first-order chi connectivity index (χ1) is 14.3. The van der Waals surface area contributed by atoms with Gasteiger partial charge in [0.05, 0.1) is 18.8 Å². The second-order valence-electron chi connectivity index (χ2n) is 6.96. The molecule has 7 nitrogen and oxygen atoms in total. The summed E-state index contributed by atoms with van der Waals surface area (Å²) in [6.45, 7) is 1.74. The summed E-state index contributed by atoms with van der Waals surface area (Å²) in [6, 6.07) is 9.26. The number of rotatable bonds is 4. The van der Waals surface area contributed by atoms with Crippen molar-refractivity contribution in [1.29, 1.82) is 0 Å². The van der Waals surface area contributed by atoms with E-state index in [0.717, 1.165) is 0 Å². The van der Waals surface area contributed by atoms with Gasteiger partial charge in [0.2, 0.25) is 5.91 Å². The average Bonchev–Trinajstić information content (AvgIpc) is 3.21. The van der Waals surface area contributed by atoms with Crippen molar-refractivity contribution in [1.82, 2.24) is 5.32 Å². The molecule has 0 radical (unpaired) electrons. The third kappa shape index (κ3) is 3.86. The Kier molecular flexibility index (Phi) is 5.17. The lowest BCUT2D eigenvalue weighted by atomic mass is 10.0. The number of carbonyl (C=O) groups excluding carboxylic acids is 3. The minimum absolute atomic E-state index is 0.182. The number of carbonyl (C=O) groups is 3. The Morgan fingerprint density at radius 2 is 2.13 bits per heavy atom. The molecule has 0 saturated carbocycles. The molecule has 1 fully saturated rings. The lowest BCUT2D eigenvalue weighted by Crippen LogP contribution is -2.33. The highest BCUT2D eigenvalue weighted by atomic mass is 35.5. The quantitative estimate of drug-likeness (QED) is 0.729. The van der Waals surface area contributed by atoms with E-state index in [1.54, 1.807) is 24.3 Å². The van der Waals surface area contributed by atoms with Gasteiger partial charge in [-0.15, -0.1) is 0 Å². The summed E-state index contributed by atoms with van der Waals surface area (Å²) in [5.41, 5.74) is 2.02. The minimum atomic E-state index is -0.616. The van der Waals surface area contributed by atoms with Gasteiger partial charge >= 0.3 is 6.09 Å². The molecule has 3 amide bonds. The van der Waals surface area contributed by atoms with Gasteiger partial charge < -0.3 is 15.4 Å². The molecule has 9 heteroatoms. The average molecular weight is 430 g/mol. The van der Waals surface area contributed by atoms with E-state index in [0.29, 0.717) is 27.5 Å². The molecule has 30 heavy (non-hydrogen) atoms. The van der Waals surface area contributed by atoms with Gasteiger partial charge in [-0.1, -0.05) is 11.6 Å². The molecule has 0 spiro atoms. The van der Waals surface area contributed by atoms with E-state index in [9.17, 15) is 18.8 Å². The summed E-state index contributed by atoms with van der Waals surface area (Å²) in [5.74, 6) is -1.17. The van der Waals surface area contributed by atoms with Crippen LogP contribution in [0.1, 0.15) is 18.1 Å². The molecule has 2 aromatic carbocycles. The van der Waals surface area contributed by atoms with E-state index < -0.39 is 18.0 Å². The molecule has 0 aromatic heterocycles. The van der Waals surface area contributed by atoms with Crippen LogP contribution in [0, 0.1) is 5.82 Å². The molecule has 0 aliphatic carbocycles. The number of amides is 3. The highest BCUT2D eigenvalue weighted by Gasteiger charge is 2.33. The van der Waals surface area contributed by atoms with Crippen LogP contribution in [0.25, 0.3) is 11.6 Å². The molecule has 2 aliphatic heterocycles. The van der Waals surface area contributed by atoms with Gasteiger partial charge in [-0.2, -0.15) is 0 Å². The van der Waals surface area contributed by atoms with Crippen LogP contribution in [0.2, 0.25) is 5.02 Å². The topological polar surface area (TPSA) is 87.7 Å². The third-order valence-electron chi connectivity index (χ3n) is 4.81. The van der Waals surface area contributed by atoms with E-state index in [2.05, 4.69) is 10.6 Å². The van der Waals surface area contributed by atoms with Crippen molar-refractivity contribution < 1.29 is 23.5 Å². The molecule has 2 N–H and O–H groups in total. The first-order valence-corrected chi connectivity index (χ1v) is 9.55. The maximum absolute atomic E-state index is 14.8. The number of nitrogens with zero attached hydrogens (tertiary/aromatic N) is 1. The molecule has 154 valence electrons. The zero-order valence-electron chi connectivity index (χ0n) is 15.9. The van der Waals surface area contributed by atoms with E-state index in [1.165, 1.54) is 30.0 Å². The van der Waals surface area contributed by atoms with Gasteiger partial charge in [-0.3, -0.25) is 14.5 Å². The summed E-state index contributed by atoms with van der Waals surface area (Å²) in [6.07, 6.45) is 0.308. The van der Waals surface area contributed by atoms with Crippen LogP contribution in [-0.2, 0) is 14.3 Å². The highest BCUT2D eigenvalue weighted by Crippen LogP contribution is 2.35. The predicted octanol–water partition coefficient (Wildman–Crippen LogP) is 3.43. The number of fused-ring (bicyclic) bond motifs is 1. The molecule has 4 rings (SSSR count). The Morgan fingerprint density at radius 1 is 1.33 bits per heavy atom. The molecule has 2 aromatic rings. The number of benzene rings is 2. The Morgan fingerprint density at radius 3 is 2.87 bits per heavy atom. The summed E-state index contributed by atoms with van der Waals surface area (Å²) < 4.78 is 20.0. The number of ether oxygens (including phenoxy) is 1. The zero-order chi connectivity index (χ0) is 21.4. The van der Waals surface area contributed by atoms with Crippen LogP contribution < -0.4 is 15.5 Å². The second-order valence-corrected chi connectivity index (χ2v) is 7.40. The Balaban J connectivity index is 1.57. The number of anilines is 2. The van der Waals surface area contributed by atoms with Crippen LogP contribution in [0.15, 0.2) is 36.4 Å². The third-order valence-corrected chi connectivity index (χ3v) is 5.05. The molecule has 0 bridgehead atoms. The van der Waals surface area contributed by atoms with Crippen molar-refractivity contribution in [2.24, 2.45) is 0 Å². The SMILES string of the molecule is CC(=O)NC[C@H]1CN(c2ccc(C=C3C(=O)Nc4ccc(Cl)cc43)c(F)c2)C(=O)O1. The van der Waals surface area contributed by atoms with E-state index in [1.807, 2.05) is 0 Å². The Bertz CT molecular complexity index is 1100. The second kappa shape index (κ2) is 7.79. The molecule has 0 unspecified atom stereocenters. The van der Waals surface area contributed by atoms with Crippen LogP contribution in [0.4, 0.5) is 20.6 Å².